The van der Waals surface area contributed by atoms with E-state index < -0.39 is 19.9 Å². The van der Waals surface area contributed by atoms with Crippen molar-refractivity contribution >= 4 is 31.5 Å². The molecule has 0 radical (unpaired) electrons. The van der Waals surface area contributed by atoms with Gasteiger partial charge in [-0.05, 0) is 49.7 Å². The third-order valence-corrected chi connectivity index (χ3v) is 7.84. The fourth-order valence-electron chi connectivity index (χ4n) is 3.25. The molecule has 1 aliphatic rings. The molecule has 1 fully saturated rings. The van der Waals surface area contributed by atoms with E-state index in [1.54, 1.807) is 23.1 Å². The highest BCUT2D eigenvalue weighted by Crippen LogP contribution is 2.21. The van der Waals surface area contributed by atoms with Gasteiger partial charge in [-0.1, -0.05) is 18.2 Å². The predicted octanol–water partition coefficient (Wildman–Crippen LogP) is 2.14. The van der Waals surface area contributed by atoms with Crippen molar-refractivity contribution in [2.75, 3.05) is 22.8 Å². The Labute approximate surface area is 165 Å². The number of anilines is 1. The lowest BCUT2D eigenvalue weighted by Crippen LogP contribution is -2.40. The number of sulfone groups is 1. The molecule has 2 aromatic rings. The van der Waals surface area contributed by atoms with E-state index in [0.29, 0.717) is 24.2 Å². The first-order valence-electron chi connectivity index (χ1n) is 8.91. The SMILES string of the molecule is CCN(C(=O)c1ccc(NS(=O)(=O)c2ccccc2)cc1)C1CCS(=O)(=O)C1. The normalized spacial score (nSPS) is 18.5. The average Bonchev–Trinajstić information content (AvgIpc) is 3.03. The minimum atomic E-state index is -3.71. The lowest BCUT2D eigenvalue weighted by molar-refractivity contribution is 0.0708. The quantitative estimate of drug-likeness (QED) is 0.769. The van der Waals surface area contributed by atoms with E-state index in [2.05, 4.69) is 4.72 Å². The second kappa shape index (κ2) is 7.92. The standard InChI is InChI=1S/C19H22N2O5S2/c1-2-21(17-12-13-27(23,24)14-17)19(22)15-8-10-16(11-9-15)20-28(25,26)18-6-4-3-5-7-18/h3-11,17,20H,2,12-14H2,1H3. The molecule has 7 nitrogen and oxygen atoms in total. The maximum Gasteiger partial charge on any atom is 0.261 e. The minimum absolute atomic E-state index is 0.0124. The van der Waals surface area contributed by atoms with Crippen LogP contribution in [0.4, 0.5) is 5.69 Å². The van der Waals surface area contributed by atoms with Gasteiger partial charge in [-0.3, -0.25) is 9.52 Å². The van der Waals surface area contributed by atoms with Crippen LogP contribution in [-0.4, -0.2) is 51.7 Å². The first-order chi connectivity index (χ1) is 13.2. The number of benzene rings is 2. The van der Waals surface area contributed by atoms with Gasteiger partial charge >= 0.3 is 0 Å². The lowest BCUT2D eigenvalue weighted by atomic mass is 10.1. The van der Waals surface area contributed by atoms with Crippen molar-refractivity contribution in [2.45, 2.75) is 24.3 Å². The Kier molecular flexibility index (Phi) is 5.76. The topological polar surface area (TPSA) is 101 Å². The van der Waals surface area contributed by atoms with Crippen molar-refractivity contribution in [1.82, 2.24) is 4.90 Å². The summed E-state index contributed by atoms with van der Waals surface area (Å²) in [6.07, 6.45) is 0.441. The molecule has 3 rings (SSSR count). The molecule has 1 N–H and O–H groups in total. The molecular weight excluding hydrogens is 400 g/mol. The van der Waals surface area contributed by atoms with Crippen LogP contribution in [0.1, 0.15) is 23.7 Å². The van der Waals surface area contributed by atoms with Gasteiger partial charge in [-0.15, -0.1) is 0 Å². The molecule has 9 heteroatoms. The van der Waals surface area contributed by atoms with Crippen LogP contribution in [-0.2, 0) is 19.9 Å². The van der Waals surface area contributed by atoms with Crippen molar-refractivity contribution in [2.24, 2.45) is 0 Å². The molecule has 1 amide bonds. The number of rotatable bonds is 6. The van der Waals surface area contributed by atoms with Gasteiger partial charge in [-0.25, -0.2) is 16.8 Å². The molecule has 0 spiro atoms. The van der Waals surface area contributed by atoms with Crippen molar-refractivity contribution in [1.29, 1.82) is 0 Å². The number of amides is 1. The summed E-state index contributed by atoms with van der Waals surface area (Å²) in [6.45, 7) is 2.21. The third kappa shape index (κ3) is 4.53. The summed E-state index contributed by atoms with van der Waals surface area (Å²) < 4.78 is 50.6. The molecule has 28 heavy (non-hydrogen) atoms. The van der Waals surface area contributed by atoms with E-state index in [0.717, 1.165) is 0 Å². The zero-order valence-electron chi connectivity index (χ0n) is 15.4. The maximum atomic E-state index is 12.8. The van der Waals surface area contributed by atoms with Crippen molar-refractivity contribution < 1.29 is 21.6 Å². The molecule has 1 saturated heterocycles. The second-order valence-corrected chi connectivity index (χ2v) is 10.6. The van der Waals surface area contributed by atoms with Gasteiger partial charge < -0.3 is 4.90 Å². The highest BCUT2D eigenvalue weighted by atomic mass is 32.2. The molecule has 0 saturated carbocycles. The molecule has 0 bridgehead atoms. The van der Waals surface area contributed by atoms with Gasteiger partial charge in [0.2, 0.25) is 0 Å². The molecule has 150 valence electrons. The summed E-state index contributed by atoms with van der Waals surface area (Å²) >= 11 is 0. The summed E-state index contributed by atoms with van der Waals surface area (Å²) in [4.78, 5) is 14.5. The van der Waals surface area contributed by atoms with E-state index in [9.17, 15) is 21.6 Å². The van der Waals surface area contributed by atoms with Crippen LogP contribution in [0.3, 0.4) is 0 Å². The lowest BCUT2D eigenvalue weighted by Gasteiger charge is -2.27. The molecule has 0 aliphatic carbocycles. The van der Waals surface area contributed by atoms with Crippen LogP contribution in [0.2, 0.25) is 0 Å². The van der Waals surface area contributed by atoms with Gasteiger partial charge in [0.25, 0.3) is 15.9 Å². The van der Waals surface area contributed by atoms with E-state index in [-0.39, 0.29) is 28.4 Å². The summed E-state index contributed by atoms with van der Waals surface area (Å²) in [5, 5.41) is 0. The van der Waals surface area contributed by atoms with Crippen LogP contribution in [0.25, 0.3) is 0 Å². The Morgan fingerprint density at radius 3 is 2.29 bits per heavy atom. The number of nitrogens with zero attached hydrogens (tertiary/aromatic N) is 1. The van der Waals surface area contributed by atoms with Crippen molar-refractivity contribution in [3.05, 3.63) is 60.2 Å². The molecule has 2 aromatic carbocycles. The Balaban J connectivity index is 1.74. The van der Waals surface area contributed by atoms with E-state index in [4.69, 9.17) is 0 Å². The average molecular weight is 423 g/mol. The second-order valence-electron chi connectivity index (χ2n) is 6.64. The van der Waals surface area contributed by atoms with Gasteiger partial charge in [-0.2, -0.15) is 0 Å². The maximum absolute atomic E-state index is 12.8. The fraction of sp³-hybridized carbons (Fsp3) is 0.316. The number of nitrogens with one attached hydrogen (secondary N) is 1. The summed E-state index contributed by atoms with van der Waals surface area (Å²) in [5.41, 5.74) is 0.723. The molecule has 0 aromatic heterocycles. The first-order valence-corrected chi connectivity index (χ1v) is 12.2. The molecule has 1 unspecified atom stereocenters. The number of carbonyl (C=O) groups is 1. The van der Waals surface area contributed by atoms with Crippen molar-refractivity contribution in [3.63, 3.8) is 0 Å². The Bertz CT molecular complexity index is 1050. The van der Waals surface area contributed by atoms with E-state index >= 15 is 0 Å². The Morgan fingerprint density at radius 2 is 1.75 bits per heavy atom. The number of hydrogen-bond acceptors (Lipinski definition) is 5. The highest BCUT2D eigenvalue weighted by molar-refractivity contribution is 7.92. The van der Waals surface area contributed by atoms with Crippen LogP contribution >= 0.6 is 0 Å². The summed E-state index contributed by atoms with van der Waals surface area (Å²) in [6, 6.07) is 13.8. The molecule has 1 heterocycles. The van der Waals surface area contributed by atoms with E-state index in [1.165, 1.54) is 36.4 Å². The number of hydrogen-bond donors (Lipinski definition) is 1. The van der Waals surface area contributed by atoms with Crippen LogP contribution < -0.4 is 4.72 Å². The largest absolute Gasteiger partial charge is 0.335 e. The van der Waals surface area contributed by atoms with Crippen LogP contribution in [0.15, 0.2) is 59.5 Å². The molecule has 1 aliphatic heterocycles. The smallest absolute Gasteiger partial charge is 0.261 e. The Hall–Kier alpha value is -2.39. The number of carbonyl (C=O) groups excluding carboxylic acids is 1. The van der Waals surface area contributed by atoms with Gasteiger partial charge in [0.15, 0.2) is 9.84 Å². The van der Waals surface area contributed by atoms with Crippen LogP contribution in [0, 0.1) is 0 Å². The molecular formula is C19H22N2O5S2. The van der Waals surface area contributed by atoms with Gasteiger partial charge in [0.1, 0.15) is 0 Å². The summed E-state index contributed by atoms with van der Waals surface area (Å²) in [7, 11) is -6.80. The monoisotopic (exact) mass is 422 g/mol. The summed E-state index contributed by atoms with van der Waals surface area (Å²) in [5.74, 6) is -0.175. The van der Waals surface area contributed by atoms with Gasteiger partial charge in [0.05, 0.1) is 16.4 Å². The zero-order valence-corrected chi connectivity index (χ0v) is 17.0. The minimum Gasteiger partial charge on any atom is -0.335 e. The number of sulfonamides is 1. The highest BCUT2D eigenvalue weighted by Gasteiger charge is 2.34. The fourth-order valence-corrected chi connectivity index (χ4v) is 6.06. The Morgan fingerprint density at radius 1 is 1.11 bits per heavy atom. The predicted molar refractivity (Wildman–Crippen MR) is 107 cm³/mol. The third-order valence-electron chi connectivity index (χ3n) is 4.69. The first kappa shape index (κ1) is 20.3. The van der Waals surface area contributed by atoms with Crippen molar-refractivity contribution in [3.8, 4) is 0 Å². The molecule has 1 atom stereocenters. The zero-order chi connectivity index (χ0) is 20.4. The van der Waals surface area contributed by atoms with E-state index in [1.807, 2.05) is 6.92 Å². The van der Waals surface area contributed by atoms with Gasteiger partial charge in [0, 0.05) is 23.8 Å². The van der Waals surface area contributed by atoms with Crippen LogP contribution in [0.5, 0.6) is 0 Å².